The standard InChI is InChI=1S/C30H46N4O3/c1-6-8-9-10-11-12-13-14-15-19-22-29-31-32(7-2)34(25-20-17-16-18-21-25)33(29)30-27(36-4)23-26(35-3)24-28(30)37-5/h16-18,20-21,23-24H,6-15,19,22H2,1-5H3. The van der Waals surface area contributed by atoms with Crippen LogP contribution in [0.5, 0.6) is 17.2 Å². The van der Waals surface area contributed by atoms with Crippen molar-refractivity contribution < 1.29 is 14.2 Å². The fourth-order valence-electron chi connectivity index (χ4n) is 4.79. The number of nitrogens with zero attached hydrogens (tertiary/aromatic N) is 4. The van der Waals surface area contributed by atoms with Gasteiger partial charge in [-0.15, -0.1) is 5.10 Å². The topological polar surface area (TPSA) is 49.8 Å². The van der Waals surface area contributed by atoms with Crippen molar-refractivity contribution in [1.29, 1.82) is 0 Å². The fraction of sp³-hybridized carbons (Fsp3) is 0.567. The van der Waals surface area contributed by atoms with Gasteiger partial charge in [-0.05, 0) is 25.5 Å². The number of unbranched alkanes of at least 4 members (excludes halogenated alkanes) is 9. The van der Waals surface area contributed by atoms with Crippen molar-refractivity contribution in [2.24, 2.45) is 5.10 Å². The van der Waals surface area contributed by atoms with Crippen LogP contribution in [0.3, 0.4) is 0 Å². The van der Waals surface area contributed by atoms with Gasteiger partial charge in [0, 0.05) is 18.6 Å². The Hall–Kier alpha value is -3.09. The van der Waals surface area contributed by atoms with Gasteiger partial charge in [0.2, 0.25) is 0 Å². The summed E-state index contributed by atoms with van der Waals surface area (Å²) in [5, 5.41) is 11.3. The molecule has 7 nitrogen and oxygen atoms in total. The zero-order valence-electron chi connectivity index (χ0n) is 23.5. The summed E-state index contributed by atoms with van der Waals surface area (Å²) in [5.41, 5.74) is 1.84. The van der Waals surface area contributed by atoms with Gasteiger partial charge < -0.3 is 14.2 Å². The third kappa shape index (κ3) is 7.46. The molecule has 204 valence electrons. The van der Waals surface area contributed by atoms with E-state index in [1.54, 1.807) is 21.3 Å². The fourth-order valence-corrected chi connectivity index (χ4v) is 4.79. The van der Waals surface area contributed by atoms with Crippen LogP contribution in [0, 0.1) is 0 Å². The lowest BCUT2D eigenvalue weighted by Gasteiger charge is -2.36. The molecule has 3 rings (SSSR count). The van der Waals surface area contributed by atoms with Gasteiger partial charge in [0.15, 0.2) is 23.0 Å². The molecule has 0 atom stereocenters. The number of methoxy groups -OCH3 is 3. The molecule has 0 bridgehead atoms. The molecular formula is C30H46N4O3. The van der Waals surface area contributed by atoms with Gasteiger partial charge in [0.05, 0.1) is 33.6 Å². The zero-order chi connectivity index (χ0) is 26.5. The SMILES string of the molecule is CCCCCCCCCCCCC1=NN(CC)N(c2ccccc2)N1c1c(OC)cc(OC)cc1OC. The number of ether oxygens (including phenoxy) is 3. The van der Waals surface area contributed by atoms with E-state index in [1.807, 2.05) is 35.4 Å². The van der Waals surface area contributed by atoms with Crippen LogP contribution < -0.4 is 24.3 Å². The maximum Gasteiger partial charge on any atom is 0.152 e. The summed E-state index contributed by atoms with van der Waals surface area (Å²) in [6.07, 6.45) is 13.9. The highest BCUT2D eigenvalue weighted by molar-refractivity contribution is 6.04. The Kier molecular flexibility index (Phi) is 11.7. The normalized spacial score (nSPS) is 13.2. The number of amidine groups is 1. The van der Waals surface area contributed by atoms with E-state index >= 15 is 0 Å². The molecule has 0 saturated heterocycles. The van der Waals surface area contributed by atoms with Crippen molar-refractivity contribution in [2.75, 3.05) is 38.0 Å². The van der Waals surface area contributed by atoms with Gasteiger partial charge in [-0.3, -0.25) is 0 Å². The van der Waals surface area contributed by atoms with Crippen LogP contribution in [0.4, 0.5) is 11.4 Å². The smallest absolute Gasteiger partial charge is 0.152 e. The van der Waals surface area contributed by atoms with E-state index < -0.39 is 0 Å². The van der Waals surface area contributed by atoms with Crippen molar-refractivity contribution in [3.63, 3.8) is 0 Å². The van der Waals surface area contributed by atoms with Crippen molar-refractivity contribution in [2.45, 2.75) is 84.5 Å². The molecule has 2 aromatic rings. The highest BCUT2D eigenvalue weighted by Gasteiger charge is 2.36. The van der Waals surface area contributed by atoms with E-state index in [9.17, 15) is 0 Å². The van der Waals surface area contributed by atoms with E-state index in [0.29, 0.717) is 17.2 Å². The van der Waals surface area contributed by atoms with Crippen LogP contribution in [0.1, 0.15) is 84.5 Å². The van der Waals surface area contributed by atoms with Crippen LogP contribution in [0.25, 0.3) is 0 Å². The summed E-state index contributed by atoms with van der Waals surface area (Å²) >= 11 is 0. The van der Waals surface area contributed by atoms with Crippen LogP contribution >= 0.6 is 0 Å². The predicted molar refractivity (Wildman–Crippen MR) is 154 cm³/mol. The van der Waals surface area contributed by atoms with Crippen LogP contribution in [-0.2, 0) is 0 Å². The van der Waals surface area contributed by atoms with Gasteiger partial charge in [-0.1, -0.05) is 82.9 Å². The summed E-state index contributed by atoms with van der Waals surface area (Å²) in [5.74, 6) is 3.01. The number of rotatable bonds is 17. The lowest BCUT2D eigenvalue weighted by Crippen LogP contribution is -2.48. The lowest BCUT2D eigenvalue weighted by atomic mass is 10.1. The lowest BCUT2D eigenvalue weighted by molar-refractivity contribution is 0.298. The monoisotopic (exact) mass is 510 g/mol. The number of hydrogen-bond acceptors (Lipinski definition) is 7. The minimum atomic E-state index is 0.672. The van der Waals surface area contributed by atoms with Gasteiger partial charge in [-0.2, -0.15) is 10.2 Å². The molecule has 0 fully saturated rings. The first-order valence-corrected chi connectivity index (χ1v) is 14.0. The van der Waals surface area contributed by atoms with Crippen molar-refractivity contribution in [3.8, 4) is 17.2 Å². The minimum absolute atomic E-state index is 0.672. The Labute approximate surface area is 223 Å². The molecule has 0 aliphatic carbocycles. The maximum absolute atomic E-state index is 5.85. The Morgan fingerprint density at radius 1 is 0.703 bits per heavy atom. The van der Waals surface area contributed by atoms with Gasteiger partial charge >= 0.3 is 0 Å². The predicted octanol–water partition coefficient (Wildman–Crippen LogP) is 7.82. The second-order valence-electron chi connectivity index (χ2n) is 9.45. The second kappa shape index (κ2) is 15.2. The number of para-hydroxylation sites is 1. The molecule has 0 amide bonds. The van der Waals surface area contributed by atoms with Crippen molar-refractivity contribution in [1.82, 2.24) is 5.12 Å². The van der Waals surface area contributed by atoms with Crippen LogP contribution in [0.15, 0.2) is 47.6 Å². The first-order chi connectivity index (χ1) is 18.2. The van der Waals surface area contributed by atoms with Crippen molar-refractivity contribution in [3.05, 3.63) is 42.5 Å². The molecular weight excluding hydrogens is 464 g/mol. The molecule has 1 heterocycles. The highest BCUT2D eigenvalue weighted by Crippen LogP contribution is 2.45. The molecule has 37 heavy (non-hydrogen) atoms. The molecule has 0 spiro atoms. The number of hydrazine groups is 2. The second-order valence-corrected chi connectivity index (χ2v) is 9.45. The number of anilines is 2. The molecule has 0 radical (unpaired) electrons. The molecule has 0 aromatic heterocycles. The largest absolute Gasteiger partial charge is 0.496 e. The minimum Gasteiger partial charge on any atom is -0.496 e. The first kappa shape index (κ1) is 28.5. The van der Waals surface area contributed by atoms with Gasteiger partial charge in [0.1, 0.15) is 5.75 Å². The summed E-state index contributed by atoms with van der Waals surface area (Å²) in [7, 11) is 5.01. The van der Waals surface area contributed by atoms with Crippen molar-refractivity contribution >= 4 is 17.2 Å². The molecule has 1 aliphatic rings. The van der Waals surface area contributed by atoms with Crippen LogP contribution in [-0.4, -0.2) is 38.8 Å². The summed E-state index contributed by atoms with van der Waals surface area (Å²) in [4.78, 5) is 0. The van der Waals surface area contributed by atoms with E-state index in [-0.39, 0.29) is 0 Å². The van der Waals surface area contributed by atoms with E-state index in [4.69, 9.17) is 19.3 Å². The average molecular weight is 511 g/mol. The van der Waals surface area contributed by atoms with Crippen LogP contribution in [0.2, 0.25) is 0 Å². The van der Waals surface area contributed by atoms with Gasteiger partial charge in [0.25, 0.3) is 0 Å². The number of hydrogen-bond donors (Lipinski definition) is 0. The average Bonchev–Trinajstić information content (AvgIpc) is 3.31. The molecule has 0 saturated carbocycles. The third-order valence-corrected chi connectivity index (χ3v) is 6.81. The Balaban J connectivity index is 1.79. The quantitative estimate of drug-likeness (QED) is 0.202. The molecule has 0 unspecified atom stereocenters. The summed E-state index contributed by atoms with van der Waals surface area (Å²) in [6, 6.07) is 14.1. The van der Waals surface area contributed by atoms with E-state index in [2.05, 4.69) is 36.1 Å². The molecule has 0 N–H and O–H groups in total. The molecule has 1 aliphatic heterocycles. The number of benzene rings is 2. The molecule has 7 heteroatoms. The third-order valence-electron chi connectivity index (χ3n) is 6.81. The Morgan fingerprint density at radius 2 is 1.27 bits per heavy atom. The van der Waals surface area contributed by atoms with E-state index in [0.717, 1.165) is 36.6 Å². The van der Waals surface area contributed by atoms with E-state index in [1.165, 1.54) is 57.8 Å². The number of hydrazone groups is 1. The Bertz CT molecular complexity index is 942. The zero-order valence-corrected chi connectivity index (χ0v) is 23.5. The maximum atomic E-state index is 5.85. The van der Waals surface area contributed by atoms with Gasteiger partial charge in [-0.25, -0.2) is 5.01 Å². The highest BCUT2D eigenvalue weighted by atomic mass is 16.5. The molecule has 2 aromatic carbocycles. The summed E-state index contributed by atoms with van der Waals surface area (Å²) in [6.45, 7) is 5.12. The Morgan fingerprint density at radius 3 is 1.78 bits per heavy atom. The summed E-state index contributed by atoms with van der Waals surface area (Å²) < 4.78 is 17.2. The first-order valence-electron chi connectivity index (χ1n) is 14.0.